The first-order valence-electron chi connectivity index (χ1n) is 6.01. The van der Waals surface area contributed by atoms with Gasteiger partial charge in [-0.1, -0.05) is 6.07 Å². The Balaban J connectivity index is 1.86. The SMILES string of the molecule is O=C1O[C@H](c2cccs2)c2cc3c(cc21)OCCO3. The summed E-state index contributed by atoms with van der Waals surface area (Å²) in [6.45, 7) is 1.04. The van der Waals surface area contributed by atoms with Gasteiger partial charge in [0.05, 0.1) is 5.56 Å². The van der Waals surface area contributed by atoms with Gasteiger partial charge < -0.3 is 14.2 Å². The largest absolute Gasteiger partial charge is 0.486 e. The molecule has 1 aromatic heterocycles. The summed E-state index contributed by atoms with van der Waals surface area (Å²) in [4.78, 5) is 13.0. The molecule has 0 aliphatic carbocycles. The zero-order chi connectivity index (χ0) is 12.8. The molecule has 0 saturated heterocycles. The van der Waals surface area contributed by atoms with Crippen LogP contribution in [-0.2, 0) is 4.74 Å². The molecular formula is C14H10O4S. The lowest BCUT2D eigenvalue weighted by Gasteiger charge is -2.19. The number of carbonyl (C=O) groups excluding carboxylic acids is 1. The molecule has 3 heterocycles. The van der Waals surface area contributed by atoms with Crippen LogP contribution in [0.1, 0.15) is 26.9 Å². The van der Waals surface area contributed by atoms with Crippen LogP contribution < -0.4 is 9.47 Å². The molecule has 0 fully saturated rings. The summed E-state index contributed by atoms with van der Waals surface area (Å²) in [7, 11) is 0. The molecule has 4 nitrogen and oxygen atoms in total. The molecule has 0 saturated carbocycles. The molecular weight excluding hydrogens is 264 g/mol. The third-order valence-electron chi connectivity index (χ3n) is 3.24. The highest BCUT2D eigenvalue weighted by atomic mass is 32.1. The van der Waals surface area contributed by atoms with Crippen molar-refractivity contribution in [2.45, 2.75) is 6.10 Å². The van der Waals surface area contributed by atoms with Crippen LogP contribution in [0.5, 0.6) is 11.5 Å². The molecule has 4 rings (SSSR count). The van der Waals surface area contributed by atoms with Gasteiger partial charge in [-0.3, -0.25) is 0 Å². The molecule has 0 amide bonds. The Labute approximate surface area is 113 Å². The van der Waals surface area contributed by atoms with Crippen LogP contribution in [0.2, 0.25) is 0 Å². The average Bonchev–Trinajstić information content (AvgIpc) is 3.05. The summed E-state index contributed by atoms with van der Waals surface area (Å²) >= 11 is 1.57. The van der Waals surface area contributed by atoms with Gasteiger partial charge in [0.15, 0.2) is 17.6 Å². The van der Waals surface area contributed by atoms with Crippen LogP contribution in [0.4, 0.5) is 0 Å². The Kier molecular flexibility index (Phi) is 2.29. The molecule has 0 unspecified atom stereocenters. The second kappa shape index (κ2) is 3.99. The lowest BCUT2D eigenvalue weighted by molar-refractivity contribution is 0.0461. The first-order valence-corrected chi connectivity index (χ1v) is 6.89. The molecule has 0 radical (unpaired) electrons. The predicted molar refractivity (Wildman–Crippen MR) is 69.0 cm³/mol. The molecule has 1 atom stereocenters. The topological polar surface area (TPSA) is 44.8 Å². The number of thiophene rings is 1. The average molecular weight is 274 g/mol. The molecule has 96 valence electrons. The highest BCUT2D eigenvalue weighted by Crippen LogP contribution is 2.43. The molecule has 0 spiro atoms. The minimum atomic E-state index is -0.321. The van der Waals surface area contributed by atoms with E-state index in [4.69, 9.17) is 14.2 Å². The van der Waals surface area contributed by atoms with Crippen LogP contribution >= 0.6 is 11.3 Å². The maximum Gasteiger partial charge on any atom is 0.339 e. The van der Waals surface area contributed by atoms with Gasteiger partial charge in [0.2, 0.25) is 0 Å². The Morgan fingerprint density at radius 3 is 2.68 bits per heavy atom. The van der Waals surface area contributed by atoms with E-state index in [0.29, 0.717) is 30.3 Å². The fourth-order valence-corrected chi connectivity index (χ4v) is 3.15. The molecule has 0 bridgehead atoms. The van der Waals surface area contributed by atoms with Gasteiger partial charge in [-0.2, -0.15) is 0 Å². The van der Waals surface area contributed by atoms with Gasteiger partial charge in [-0.05, 0) is 23.6 Å². The minimum Gasteiger partial charge on any atom is -0.486 e. The van der Waals surface area contributed by atoms with Crippen molar-refractivity contribution in [2.75, 3.05) is 13.2 Å². The third-order valence-corrected chi connectivity index (χ3v) is 4.16. The lowest BCUT2D eigenvalue weighted by atomic mass is 10.0. The van der Waals surface area contributed by atoms with Crippen LogP contribution in [0.25, 0.3) is 0 Å². The predicted octanol–water partition coefficient (Wildman–Crippen LogP) is 2.78. The van der Waals surface area contributed by atoms with E-state index >= 15 is 0 Å². The van der Waals surface area contributed by atoms with Gasteiger partial charge in [0, 0.05) is 10.4 Å². The minimum absolute atomic E-state index is 0.301. The number of fused-ring (bicyclic) bond motifs is 2. The second-order valence-electron chi connectivity index (χ2n) is 4.38. The smallest absolute Gasteiger partial charge is 0.339 e. The third kappa shape index (κ3) is 1.62. The van der Waals surface area contributed by atoms with E-state index in [1.807, 2.05) is 23.6 Å². The van der Waals surface area contributed by atoms with Crippen molar-refractivity contribution in [3.63, 3.8) is 0 Å². The summed E-state index contributed by atoms with van der Waals surface area (Å²) in [5.74, 6) is 1.00. The molecule has 2 aromatic rings. The van der Waals surface area contributed by atoms with Crippen LogP contribution in [-0.4, -0.2) is 19.2 Å². The van der Waals surface area contributed by atoms with Crippen LogP contribution in [0.15, 0.2) is 29.6 Å². The number of cyclic esters (lactones) is 1. The zero-order valence-electron chi connectivity index (χ0n) is 9.92. The summed E-state index contributed by atoms with van der Waals surface area (Å²) in [6.07, 6.45) is -0.321. The van der Waals surface area contributed by atoms with Gasteiger partial charge in [0.25, 0.3) is 0 Å². The normalized spacial score (nSPS) is 20.0. The summed E-state index contributed by atoms with van der Waals surface area (Å²) < 4.78 is 16.5. The second-order valence-corrected chi connectivity index (χ2v) is 5.36. The van der Waals surface area contributed by atoms with Gasteiger partial charge in [0.1, 0.15) is 13.2 Å². The fourth-order valence-electron chi connectivity index (χ4n) is 2.38. The van der Waals surface area contributed by atoms with Crippen LogP contribution in [0, 0.1) is 0 Å². The number of benzene rings is 1. The molecule has 0 N–H and O–H groups in total. The van der Waals surface area contributed by atoms with E-state index in [0.717, 1.165) is 10.4 Å². The highest BCUT2D eigenvalue weighted by molar-refractivity contribution is 7.10. The van der Waals surface area contributed by atoms with Crippen molar-refractivity contribution in [2.24, 2.45) is 0 Å². The summed E-state index contributed by atoms with van der Waals surface area (Å²) in [6, 6.07) is 7.50. The monoisotopic (exact) mass is 274 g/mol. The molecule has 1 aromatic carbocycles. The molecule has 2 aliphatic rings. The maximum atomic E-state index is 11.9. The van der Waals surface area contributed by atoms with E-state index in [-0.39, 0.29) is 12.1 Å². The zero-order valence-corrected chi connectivity index (χ0v) is 10.7. The Morgan fingerprint density at radius 2 is 1.95 bits per heavy atom. The van der Waals surface area contributed by atoms with E-state index in [1.54, 1.807) is 17.4 Å². The Morgan fingerprint density at radius 1 is 1.16 bits per heavy atom. The lowest BCUT2D eigenvalue weighted by Crippen LogP contribution is -2.16. The van der Waals surface area contributed by atoms with E-state index < -0.39 is 0 Å². The first-order chi connectivity index (χ1) is 9.33. The number of carbonyl (C=O) groups is 1. The maximum absolute atomic E-state index is 11.9. The standard InChI is InChI=1S/C14H10O4S/c15-14-9-7-11-10(16-3-4-17-11)6-8(9)13(18-14)12-2-1-5-19-12/h1-2,5-7,13H,3-4H2/t13-/m0/s1. The molecule has 19 heavy (non-hydrogen) atoms. The van der Waals surface area contributed by atoms with Gasteiger partial charge in [-0.25, -0.2) is 4.79 Å². The number of rotatable bonds is 1. The fraction of sp³-hybridized carbons (Fsp3) is 0.214. The number of esters is 1. The number of ether oxygens (including phenoxy) is 3. The van der Waals surface area contributed by atoms with Crippen molar-refractivity contribution < 1.29 is 19.0 Å². The van der Waals surface area contributed by atoms with Crippen molar-refractivity contribution in [3.8, 4) is 11.5 Å². The van der Waals surface area contributed by atoms with Crippen LogP contribution in [0.3, 0.4) is 0 Å². The van der Waals surface area contributed by atoms with Gasteiger partial charge >= 0.3 is 5.97 Å². The molecule has 5 heteroatoms. The Hall–Kier alpha value is -2.01. The van der Waals surface area contributed by atoms with Gasteiger partial charge in [-0.15, -0.1) is 11.3 Å². The number of hydrogen-bond acceptors (Lipinski definition) is 5. The van der Waals surface area contributed by atoms with E-state index in [9.17, 15) is 4.79 Å². The number of hydrogen-bond donors (Lipinski definition) is 0. The summed E-state index contributed by atoms with van der Waals surface area (Å²) in [5.41, 5.74) is 1.43. The quantitative estimate of drug-likeness (QED) is 0.750. The summed E-state index contributed by atoms with van der Waals surface area (Å²) in [5, 5.41) is 1.97. The highest BCUT2D eigenvalue weighted by Gasteiger charge is 2.35. The molecule has 2 aliphatic heterocycles. The van der Waals surface area contributed by atoms with Crippen molar-refractivity contribution >= 4 is 17.3 Å². The first kappa shape index (κ1) is 10.9. The van der Waals surface area contributed by atoms with E-state index in [1.165, 1.54) is 0 Å². The van der Waals surface area contributed by atoms with Crippen molar-refractivity contribution in [1.82, 2.24) is 0 Å². The van der Waals surface area contributed by atoms with Crippen molar-refractivity contribution in [1.29, 1.82) is 0 Å². The Bertz CT molecular complexity index is 648. The van der Waals surface area contributed by atoms with E-state index in [2.05, 4.69) is 0 Å². The van der Waals surface area contributed by atoms with Crippen molar-refractivity contribution in [3.05, 3.63) is 45.6 Å².